The molecule has 0 aliphatic carbocycles. The topological polar surface area (TPSA) is 89.9 Å². The van der Waals surface area contributed by atoms with Crippen LogP contribution in [0.5, 0.6) is 0 Å². The molecule has 6 heteroatoms. The molecule has 1 aromatic rings. The fourth-order valence-corrected chi connectivity index (χ4v) is 2.53. The predicted octanol–water partition coefficient (Wildman–Crippen LogP) is 1.55. The zero-order chi connectivity index (χ0) is 15.2. The second-order valence-electron chi connectivity index (χ2n) is 5.34. The number of benzene rings is 1. The van der Waals surface area contributed by atoms with Gasteiger partial charge in [0.05, 0.1) is 6.42 Å². The number of amides is 2. The summed E-state index contributed by atoms with van der Waals surface area (Å²) in [7, 11) is 0. The molecule has 114 valence electrons. The quantitative estimate of drug-likeness (QED) is 0.785. The lowest BCUT2D eigenvalue weighted by Crippen LogP contribution is -2.43. The molecule has 1 atom stereocenters. The number of nitrogens with one attached hydrogen (secondary N) is 1. The van der Waals surface area contributed by atoms with Gasteiger partial charge in [0.15, 0.2) is 0 Å². The normalized spacial score (nSPS) is 18.3. The number of nitrogens with zero attached hydrogens (tertiary/aromatic N) is 1. The van der Waals surface area contributed by atoms with Crippen LogP contribution in [-0.2, 0) is 11.2 Å². The number of piperidine rings is 1. The summed E-state index contributed by atoms with van der Waals surface area (Å²) in [5, 5.41) is 20.7. The molecule has 2 rings (SSSR count). The molecule has 1 aliphatic heterocycles. The van der Waals surface area contributed by atoms with Crippen LogP contribution in [0.15, 0.2) is 24.3 Å². The average Bonchev–Trinajstić information content (AvgIpc) is 2.47. The van der Waals surface area contributed by atoms with E-state index in [4.69, 9.17) is 5.11 Å². The second-order valence-corrected chi connectivity index (χ2v) is 5.34. The van der Waals surface area contributed by atoms with Crippen molar-refractivity contribution in [2.45, 2.75) is 19.3 Å². The standard InChI is InChI=1S/C15H20N2O4/c18-10-12-4-2-6-17(9-12)15(21)16-13-5-1-3-11(7-13)8-14(19)20/h1,3,5,7,12,18H,2,4,6,8-10H2,(H,16,21)(H,19,20). The summed E-state index contributed by atoms with van der Waals surface area (Å²) < 4.78 is 0. The van der Waals surface area contributed by atoms with Gasteiger partial charge in [-0.25, -0.2) is 4.79 Å². The van der Waals surface area contributed by atoms with Crippen LogP contribution >= 0.6 is 0 Å². The smallest absolute Gasteiger partial charge is 0.321 e. The summed E-state index contributed by atoms with van der Waals surface area (Å²) in [6.45, 7) is 1.33. The van der Waals surface area contributed by atoms with E-state index in [0.29, 0.717) is 24.3 Å². The summed E-state index contributed by atoms with van der Waals surface area (Å²) in [6, 6.07) is 6.63. The maximum Gasteiger partial charge on any atom is 0.321 e. The number of urea groups is 1. The van der Waals surface area contributed by atoms with Crippen molar-refractivity contribution >= 4 is 17.7 Å². The molecule has 1 aliphatic rings. The Labute approximate surface area is 123 Å². The fraction of sp³-hybridized carbons (Fsp3) is 0.467. The van der Waals surface area contributed by atoms with Crippen molar-refractivity contribution in [1.82, 2.24) is 4.90 Å². The highest BCUT2D eigenvalue weighted by Gasteiger charge is 2.23. The van der Waals surface area contributed by atoms with E-state index in [-0.39, 0.29) is 25.0 Å². The van der Waals surface area contributed by atoms with Crippen molar-refractivity contribution in [3.05, 3.63) is 29.8 Å². The molecule has 1 heterocycles. The van der Waals surface area contributed by atoms with Crippen LogP contribution in [0.1, 0.15) is 18.4 Å². The number of carboxylic acid groups (broad SMARTS) is 1. The maximum absolute atomic E-state index is 12.2. The molecule has 0 saturated carbocycles. The Hall–Kier alpha value is -2.08. The van der Waals surface area contributed by atoms with Crippen molar-refractivity contribution < 1.29 is 19.8 Å². The number of aliphatic hydroxyl groups excluding tert-OH is 1. The minimum atomic E-state index is -0.903. The number of rotatable bonds is 4. The highest BCUT2D eigenvalue weighted by molar-refractivity contribution is 5.89. The van der Waals surface area contributed by atoms with E-state index in [9.17, 15) is 14.7 Å². The molecule has 2 amide bonds. The minimum Gasteiger partial charge on any atom is -0.481 e. The number of aliphatic carboxylic acids is 1. The highest BCUT2D eigenvalue weighted by Crippen LogP contribution is 2.18. The molecule has 0 aromatic heterocycles. The second kappa shape index (κ2) is 7.08. The van der Waals surface area contributed by atoms with Crippen LogP contribution in [0.25, 0.3) is 0 Å². The average molecular weight is 292 g/mol. The van der Waals surface area contributed by atoms with Crippen molar-refractivity contribution in [3.63, 3.8) is 0 Å². The largest absolute Gasteiger partial charge is 0.481 e. The Kier molecular flexibility index (Phi) is 5.16. The highest BCUT2D eigenvalue weighted by atomic mass is 16.4. The van der Waals surface area contributed by atoms with Crippen LogP contribution < -0.4 is 5.32 Å². The van der Waals surface area contributed by atoms with Gasteiger partial charge in [0, 0.05) is 25.4 Å². The lowest BCUT2D eigenvalue weighted by Gasteiger charge is -2.31. The molecular formula is C15H20N2O4. The maximum atomic E-state index is 12.2. The number of carbonyl (C=O) groups is 2. The van der Waals surface area contributed by atoms with E-state index in [1.807, 2.05) is 0 Å². The first-order valence-corrected chi connectivity index (χ1v) is 7.06. The third-order valence-electron chi connectivity index (χ3n) is 3.60. The summed E-state index contributed by atoms with van der Waals surface area (Å²) >= 11 is 0. The Morgan fingerprint density at radius 2 is 2.19 bits per heavy atom. The lowest BCUT2D eigenvalue weighted by atomic mass is 9.99. The van der Waals surface area contributed by atoms with Gasteiger partial charge in [-0.05, 0) is 36.5 Å². The number of likely N-dealkylation sites (tertiary alicyclic amines) is 1. The monoisotopic (exact) mass is 292 g/mol. The van der Waals surface area contributed by atoms with E-state index >= 15 is 0 Å². The van der Waals surface area contributed by atoms with Crippen molar-refractivity contribution in [3.8, 4) is 0 Å². The predicted molar refractivity (Wildman–Crippen MR) is 78.2 cm³/mol. The van der Waals surface area contributed by atoms with E-state index in [2.05, 4.69) is 5.32 Å². The Bertz CT molecular complexity index is 518. The molecule has 6 nitrogen and oxygen atoms in total. The van der Waals surface area contributed by atoms with Gasteiger partial charge in [0.25, 0.3) is 0 Å². The minimum absolute atomic E-state index is 0.0694. The van der Waals surface area contributed by atoms with E-state index in [0.717, 1.165) is 12.8 Å². The van der Waals surface area contributed by atoms with E-state index < -0.39 is 5.97 Å². The Morgan fingerprint density at radius 3 is 2.90 bits per heavy atom. The van der Waals surface area contributed by atoms with Gasteiger partial charge in [-0.3, -0.25) is 4.79 Å². The number of hydrogen-bond donors (Lipinski definition) is 3. The number of aliphatic hydroxyl groups is 1. The van der Waals surface area contributed by atoms with Gasteiger partial charge in [0.2, 0.25) is 0 Å². The molecule has 21 heavy (non-hydrogen) atoms. The third-order valence-corrected chi connectivity index (χ3v) is 3.60. The van der Waals surface area contributed by atoms with Crippen molar-refractivity contribution in [2.75, 3.05) is 25.0 Å². The Balaban J connectivity index is 1.97. The molecular weight excluding hydrogens is 272 g/mol. The van der Waals surface area contributed by atoms with Gasteiger partial charge >= 0.3 is 12.0 Å². The number of carboxylic acids is 1. The molecule has 1 unspecified atom stereocenters. The van der Waals surface area contributed by atoms with Crippen LogP contribution in [-0.4, -0.2) is 46.8 Å². The number of hydrogen-bond acceptors (Lipinski definition) is 3. The van der Waals surface area contributed by atoms with Gasteiger partial charge in [0.1, 0.15) is 0 Å². The first-order chi connectivity index (χ1) is 10.1. The zero-order valence-electron chi connectivity index (χ0n) is 11.8. The SMILES string of the molecule is O=C(O)Cc1cccc(NC(=O)N2CCCC(CO)C2)c1. The fourth-order valence-electron chi connectivity index (χ4n) is 2.53. The van der Waals surface area contributed by atoms with Crippen LogP contribution in [0.3, 0.4) is 0 Å². The van der Waals surface area contributed by atoms with E-state index in [1.165, 1.54) is 0 Å². The molecule has 1 aromatic carbocycles. The van der Waals surface area contributed by atoms with Crippen LogP contribution in [0, 0.1) is 5.92 Å². The summed E-state index contributed by atoms with van der Waals surface area (Å²) in [6.07, 6.45) is 1.76. The number of carbonyl (C=O) groups excluding carboxylic acids is 1. The van der Waals surface area contributed by atoms with Gasteiger partial charge in [-0.1, -0.05) is 12.1 Å². The summed E-state index contributed by atoms with van der Waals surface area (Å²) in [4.78, 5) is 24.6. The molecule has 1 fully saturated rings. The van der Waals surface area contributed by atoms with Gasteiger partial charge in [-0.15, -0.1) is 0 Å². The van der Waals surface area contributed by atoms with Gasteiger partial charge in [-0.2, -0.15) is 0 Å². The zero-order valence-corrected chi connectivity index (χ0v) is 11.8. The first-order valence-electron chi connectivity index (χ1n) is 7.06. The lowest BCUT2D eigenvalue weighted by molar-refractivity contribution is -0.136. The molecule has 3 N–H and O–H groups in total. The molecule has 0 radical (unpaired) electrons. The van der Waals surface area contributed by atoms with E-state index in [1.54, 1.807) is 29.2 Å². The number of anilines is 1. The van der Waals surface area contributed by atoms with Crippen LogP contribution in [0.2, 0.25) is 0 Å². The van der Waals surface area contributed by atoms with Crippen LogP contribution in [0.4, 0.5) is 10.5 Å². The third kappa shape index (κ3) is 4.46. The molecule has 0 bridgehead atoms. The van der Waals surface area contributed by atoms with Crippen molar-refractivity contribution in [2.24, 2.45) is 5.92 Å². The first kappa shape index (κ1) is 15.3. The summed E-state index contributed by atoms with van der Waals surface area (Å²) in [5.74, 6) is -0.761. The molecule has 1 saturated heterocycles. The Morgan fingerprint density at radius 1 is 1.38 bits per heavy atom. The van der Waals surface area contributed by atoms with Crippen molar-refractivity contribution in [1.29, 1.82) is 0 Å². The summed E-state index contributed by atoms with van der Waals surface area (Å²) in [5.41, 5.74) is 1.23. The van der Waals surface area contributed by atoms with Gasteiger partial charge < -0.3 is 20.4 Å². The molecule has 0 spiro atoms.